The predicted octanol–water partition coefficient (Wildman–Crippen LogP) is 0.282. The fourth-order valence-electron chi connectivity index (χ4n) is 1.81. The minimum atomic E-state index is -0.279. The van der Waals surface area contributed by atoms with E-state index >= 15 is 0 Å². The van der Waals surface area contributed by atoms with Crippen LogP contribution >= 0.6 is 0 Å². The minimum absolute atomic E-state index is 0.00715. The van der Waals surface area contributed by atoms with Crippen LogP contribution in [0, 0.1) is 0 Å². The second kappa shape index (κ2) is 5.54. The molecule has 0 saturated carbocycles. The van der Waals surface area contributed by atoms with Gasteiger partial charge in [0.2, 0.25) is 0 Å². The van der Waals surface area contributed by atoms with E-state index in [1.54, 1.807) is 0 Å². The molecule has 5 nitrogen and oxygen atoms in total. The van der Waals surface area contributed by atoms with Crippen LogP contribution in [0.4, 0.5) is 4.79 Å². The summed E-state index contributed by atoms with van der Waals surface area (Å²) >= 11 is 0. The number of carbonyl (C=O) groups excluding carboxylic acids is 1. The van der Waals surface area contributed by atoms with Crippen molar-refractivity contribution in [3.63, 3.8) is 0 Å². The number of benzene rings is 1. The highest BCUT2D eigenvalue weighted by molar-refractivity contribution is 5.73. The van der Waals surface area contributed by atoms with Crippen molar-refractivity contribution in [3.05, 3.63) is 29.8 Å². The smallest absolute Gasteiger partial charge is 0.315 e. The summed E-state index contributed by atoms with van der Waals surface area (Å²) in [5, 5.41) is 13.8. The molecule has 92 valence electrons. The van der Waals surface area contributed by atoms with E-state index in [1.807, 2.05) is 24.3 Å². The Morgan fingerprint density at radius 1 is 1.41 bits per heavy atom. The maximum Gasteiger partial charge on any atom is 0.315 e. The van der Waals surface area contributed by atoms with E-state index in [0.717, 1.165) is 12.2 Å². The fourth-order valence-corrected chi connectivity index (χ4v) is 1.81. The molecule has 2 rings (SSSR count). The molecule has 1 aromatic carbocycles. The van der Waals surface area contributed by atoms with Gasteiger partial charge in [0.15, 0.2) is 0 Å². The number of hydrogen-bond acceptors (Lipinski definition) is 3. The molecule has 1 atom stereocenters. The number of ether oxygens (including phenoxy) is 1. The lowest BCUT2D eigenvalue weighted by atomic mass is 10.1. The zero-order valence-corrected chi connectivity index (χ0v) is 9.48. The number of para-hydroxylation sites is 1. The van der Waals surface area contributed by atoms with Crippen molar-refractivity contribution >= 4 is 6.03 Å². The average Bonchev–Trinajstić information content (AvgIpc) is 2.76. The van der Waals surface area contributed by atoms with Crippen molar-refractivity contribution in [2.24, 2.45) is 0 Å². The number of carbonyl (C=O) groups is 1. The lowest BCUT2D eigenvalue weighted by Crippen LogP contribution is -2.41. The van der Waals surface area contributed by atoms with E-state index in [4.69, 9.17) is 9.84 Å². The van der Waals surface area contributed by atoms with Gasteiger partial charge in [0, 0.05) is 13.0 Å². The molecule has 0 saturated heterocycles. The van der Waals surface area contributed by atoms with Gasteiger partial charge in [-0.1, -0.05) is 18.2 Å². The molecule has 2 amide bonds. The Balaban J connectivity index is 1.75. The Morgan fingerprint density at radius 2 is 2.24 bits per heavy atom. The van der Waals surface area contributed by atoms with Gasteiger partial charge in [-0.3, -0.25) is 0 Å². The molecule has 1 aliphatic rings. The van der Waals surface area contributed by atoms with E-state index in [0.29, 0.717) is 6.54 Å². The maximum atomic E-state index is 11.2. The van der Waals surface area contributed by atoms with Gasteiger partial charge in [0.05, 0.1) is 13.2 Å². The highest BCUT2D eigenvalue weighted by Gasteiger charge is 2.22. The molecule has 0 aliphatic carbocycles. The standard InChI is InChI=1S/C12H16N2O3/c15-6-5-13-12(16)14-8-10-7-9-3-1-2-4-11(9)17-10/h1-4,10,15H,5-8H2,(H2,13,14,16). The van der Waals surface area contributed by atoms with Crippen molar-refractivity contribution in [2.75, 3.05) is 19.7 Å². The first-order valence-corrected chi connectivity index (χ1v) is 5.66. The van der Waals surface area contributed by atoms with Crippen molar-refractivity contribution in [1.29, 1.82) is 0 Å². The Morgan fingerprint density at radius 3 is 3.00 bits per heavy atom. The summed E-state index contributed by atoms with van der Waals surface area (Å²) in [6.45, 7) is 0.669. The van der Waals surface area contributed by atoms with Gasteiger partial charge in [0.25, 0.3) is 0 Å². The number of hydrogen-bond donors (Lipinski definition) is 3. The number of aliphatic hydroxyl groups is 1. The van der Waals surface area contributed by atoms with Crippen LogP contribution in [0.3, 0.4) is 0 Å². The summed E-state index contributed by atoms with van der Waals surface area (Å²) in [4.78, 5) is 11.2. The van der Waals surface area contributed by atoms with Gasteiger partial charge < -0.3 is 20.5 Å². The van der Waals surface area contributed by atoms with Crippen LogP contribution in [-0.4, -0.2) is 36.9 Å². The lowest BCUT2D eigenvalue weighted by molar-refractivity contribution is 0.211. The fraction of sp³-hybridized carbons (Fsp3) is 0.417. The minimum Gasteiger partial charge on any atom is -0.488 e. The van der Waals surface area contributed by atoms with Gasteiger partial charge in [-0.05, 0) is 11.6 Å². The van der Waals surface area contributed by atoms with Crippen LogP contribution in [-0.2, 0) is 6.42 Å². The van der Waals surface area contributed by atoms with Gasteiger partial charge in [0.1, 0.15) is 11.9 Å². The summed E-state index contributed by atoms with van der Waals surface area (Å²) in [7, 11) is 0. The first kappa shape index (κ1) is 11.7. The van der Waals surface area contributed by atoms with Crippen molar-refractivity contribution in [1.82, 2.24) is 10.6 Å². The zero-order chi connectivity index (χ0) is 12.1. The van der Waals surface area contributed by atoms with Gasteiger partial charge >= 0.3 is 6.03 Å². The molecule has 17 heavy (non-hydrogen) atoms. The Bertz CT molecular complexity index is 370. The lowest BCUT2D eigenvalue weighted by Gasteiger charge is -2.12. The number of urea groups is 1. The Hall–Kier alpha value is -1.75. The highest BCUT2D eigenvalue weighted by Crippen LogP contribution is 2.27. The molecule has 0 aromatic heterocycles. The molecule has 3 N–H and O–H groups in total. The van der Waals surface area contributed by atoms with Gasteiger partial charge in [-0.2, -0.15) is 0 Å². The summed E-state index contributed by atoms with van der Waals surface area (Å²) in [5.41, 5.74) is 1.18. The molecular weight excluding hydrogens is 220 g/mol. The number of nitrogens with one attached hydrogen (secondary N) is 2. The quantitative estimate of drug-likeness (QED) is 0.703. The van der Waals surface area contributed by atoms with Gasteiger partial charge in [-0.15, -0.1) is 0 Å². The van der Waals surface area contributed by atoms with Crippen molar-refractivity contribution < 1.29 is 14.6 Å². The largest absolute Gasteiger partial charge is 0.488 e. The zero-order valence-electron chi connectivity index (χ0n) is 9.48. The van der Waals surface area contributed by atoms with Crippen molar-refractivity contribution in [2.45, 2.75) is 12.5 Å². The maximum absolute atomic E-state index is 11.2. The van der Waals surface area contributed by atoms with E-state index in [1.165, 1.54) is 5.56 Å². The monoisotopic (exact) mass is 236 g/mol. The van der Waals surface area contributed by atoms with E-state index in [9.17, 15) is 4.79 Å². The second-order valence-corrected chi connectivity index (χ2v) is 3.91. The molecule has 1 aromatic rings. The second-order valence-electron chi connectivity index (χ2n) is 3.91. The van der Waals surface area contributed by atoms with Crippen LogP contribution in [0.15, 0.2) is 24.3 Å². The Kier molecular flexibility index (Phi) is 3.82. The van der Waals surface area contributed by atoms with E-state index < -0.39 is 0 Å². The van der Waals surface area contributed by atoms with Crippen LogP contribution < -0.4 is 15.4 Å². The van der Waals surface area contributed by atoms with Crippen LogP contribution in [0.5, 0.6) is 5.75 Å². The molecule has 5 heteroatoms. The predicted molar refractivity (Wildman–Crippen MR) is 63.0 cm³/mol. The third-order valence-electron chi connectivity index (χ3n) is 2.60. The number of fused-ring (bicyclic) bond motifs is 1. The number of rotatable bonds is 4. The Labute approximate surface area is 99.8 Å². The summed E-state index contributed by atoms with van der Waals surface area (Å²) in [6.07, 6.45) is 0.809. The summed E-state index contributed by atoms with van der Waals surface area (Å²) in [6, 6.07) is 7.59. The molecule has 1 heterocycles. The highest BCUT2D eigenvalue weighted by atomic mass is 16.5. The van der Waals surface area contributed by atoms with Crippen LogP contribution in [0.2, 0.25) is 0 Å². The molecule has 1 aliphatic heterocycles. The third-order valence-corrected chi connectivity index (χ3v) is 2.60. The van der Waals surface area contributed by atoms with E-state index in [2.05, 4.69) is 10.6 Å². The summed E-state index contributed by atoms with van der Waals surface area (Å²) in [5.74, 6) is 0.898. The van der Waals surface area contributed by atoms with Crippen molar-refractivity contribution in [3.8, 4) is 5.75 Å². The SMILES string of the molecule is O=C(NCCO)NCC1Cc2ccccc2O1. The van der Waals surface area contributed by atoms with E-state index in [-0.39, 0.29) is 25.3 Å². The number of amides is 2. The topological polar surface area (TPSA) is 70.6 Å². The molecule has 1 unspecified atom stereocenters. The van der Waals surface area contributed by atoms with Crippen LogP contribution in [0.25, 0.3) is 0 Å². The molecule has 0 spiro atoms. The van der Waals surface area contributed by atoms with Gasteiger partial charge in [-0.25, -0.2) is 4.79 Å². The average molecular weight is 236 g/mol. The molecule has 0 bridgehead atoms. The molecule has 0 fully saturated rings. The first-order chi connectivity index (χ1) is 8.29. The number of aliphatic hydroxyl groups excluding tert-OH is 1. The summed E-state index contributed by atoms with van der Waals surface area (Å²) < 4.78 is 5.67. The first-order valence-electron chi connectivity index (χ1n) is 5.66. The normalized spacial score (nSPS) is 17.1. The van der Waals surface area contributed by atoms with Crippen LogP contribution in [0.1, 0.15) is 5.56 Å². The molecule has 0 radical (unpaired) electrons. The third kappa shape index (κ3) is 3.10. The molecular formula is C12H16N2O3.